The third-order valence-corrected chi connectivity index (χ3v) is 8.88. The molecule has 7 heteroatoms. The Bertz CT molecular complexity index is 1070. The zero-order valence-corrected chi connectivity index (χ0v) is 15.9. The number of carbonyl (C=O) groups excluding carboxylic acids is 1. The Morgan fingerprint density at radius 2 is 2.07 bits per heavy atom. The van der Waals surface area contributed by atoms with Gasteiger partial charge in [-0.15, -0.1) is 0 Å². The minimum Gasteiger partial charge on any atom is -0.396 e. The molecular formula is C20H22N2O4S. The first-order valence-corrected chi connectivity index (χ1v) is 10.9. The molecule has 0 saturated carbocycles. The van der Waals surface area contributed by atoms with Crippen molar-refractivity contribution in [2.45, 2.75) is 49.6 Å². The van der Waals surface area contributed by atoms with E-state index < -0.39 is 10.0 Å². The van der Waals surface area contributed by atoms with Crippen LogP contribution >= 0.6 is 0 Å². The standard InChI is InChI=1S/C20H22N2O4S/c1-2-20(11-23)10-12-6-9-17(20)22(12)27(25,26)16-8-7-15-18-13(16)4-3-5-14(18)19(24)21-15/h3-5,7-8,12,17,23H,2,6,9-11H2,1H3,(H,21,24)/t12-,17+,20-/m0/s1. The van der Waals surface area contributed by atoms with Crippen molar-refractivity contribution in [2.24, 2.45) is 5.41 Å². The number of nitrogens with one attached hydrogen (secondary N) is 1. The molecule has 0 radical (unpaired) electrons. The second-order valence-corrected chi connectivity index (χ2v) is 9.77. The molecule has 0 unspecified atom stereocenters. The van der Waals surface area contributed by atoms with Crippen molar-refractivity contribution in [3.63, 3.8) is 0 Å². The van der Waals surface area contributed by atoms with E-state index in [9.17, 15) is 18.3 Å². The van der Waals surface area contributed by atoms with Gasteiger partial charge >= 0.3 is 0 Å². The first-order chi connectivity index (χ1) is 12.9. The number of aliphatic hydroxyl groups excluding tert-OH is 1. The first-order valence-electron chi connectivity index (χ1n) is 9.44. The van der Waals surface area contributed by atoms with Crippen molar-refractivity contribution in [1.29, 1.82) is 0 Å². The summed E-state index contributed by atoms with van der Waals surface area (Å²) in [4.78, 5) is 12.4. The van der Waals surface area contributed by atoms with Crippen LogP contribution in [0.5, 0.6) is 0 Å². The number of sulfonamides is 1. The fourth-order valence-corrected chi connectivity index (χ4v) is 7.61. The minimum absolute atomic E-state index is 0.0128. The van der Waals surface area contributed by atoms with E-state index in [0.717, 1.165) is 19.3 Å². The third-order valence-electron chi connectivity index (χ3n) is 6.86. The van der Waals surface area contributed by atoms with Crippen molar-refractivity contribution in [3.05, 3.63) is 35.9 Å². The highest BCUT2D eigenvalue weighted by atomic mass is 32.2. The van der Waals surface area contributed by atoms with E-state index >= 15 is 0 Å². The molecule has 2 N–H and O–H groups in total. The van der Waals surface area contributed by atoms with Crippen molar-refractivity contribution >= 4 is 32.4 Å². The number of benzene rings is 2. The van der Waals surface area contributed by atoms with Crippen LogP contribution in [0, 0.1) is 5.41 Å². The van der Waals surface area contributed by atoms with Crippen molar-refractivity contribution < 1.29 is 18.3 Å². The van der Waals surface area contributed by atoms with E-state index in [2.05, 4.69) is 5.32 Å². The number of rotatable bonds is 4. The number of hydrogen-bond donors (Lipinski definition) is 2. The lowest BCUT2D eigenvalue weighted by molar-refractivity contribution is 0.0849. The van der Waals surface area contributed by atoms with Gasteiger partial charge in [0.2, 0.25) is 10.0 Å². The van der Waals surface area contributed by atoms with Gasteiger partial charge in [0.15, 0.2) is 0 Å². The maximum absolute atomic E-state index is 13.7. The number of anilines is 1. The SMILES string of the molecule is CC[C@@]1(CO)C[C@@H]2CC[C@H]1N2S(=O)(=O)c1ccc2c3c(cccc13)C(=O)N2. The highest BCUT2D eigenvalue weighted by Crippen LogP contribution is 2.54. The Balaban J connectivity index is 1.68. The molecule has 3 aliphatic rings. The van der Waals surface area contributed by atoms with Gasteiger partial charge in [-0.05, 0) is 43.9 Å². The van der Waals surface area contributed by atoms with Gasteiger partial charge in [-0.25, -0.2) is 8.42 Å². The summed E-state index contributed by atoms with van der Waals surface area (Å²) in [6, 6.07) is 8.28. The molecule has 3 heterocycles. The molecule has 27 heavy (non-hydrogen) atoms. The fourth-order valence-electron chi connectivity index (χ4n) is 5.46. The summed E-state index contributed by atoms with van der Waals surface area (Å²) in [5, 5.41) is 14.1. The average Bonchev–Trinajstić information content (AvgIpc) is 3.33. The van der Waals surface area contributed by atoms with Gasteiger partial charge in [-0.3, -0.25) is 4.79 Å². The molecular weight excluding hydrogens is 364 g/mol. The average molecular weight is 386 g/mol. The predicted octanol–water partition coefficient (Wildman–Crippen LogP) is 2.72. The molecule has 2 aromatic carbocycles. The molecule has 6 nitrogen and oxygen atoms in total. The Morgan fingerprint density at radius 1 is 1.26 bits per heavy atom. The van der Waals surface area contributed by atoms with E-state index in [4.69, 9.17) is 0 Å². The first kappa shape index (κ1) is 17.2. The van der Waals surface area contributed by atoms with Gasteiger partial charge in [0.1, 0.15) is 0 Å². The summed E-state index contributed by atoms with van der Waals surface area (Å²) in [6.45, 7) is 2.04. The van der Waals surface area contributed by atoms with Crippen molar-refractivity contribution in [2.75, 3.05) is 11.9 Å². The normalized spacial score (nSPS) is 29.6. The number of aliphatic hydroxyl groups is 1. The minimum atomic E-state index is -3.73. The number of fused-ring (bicyclic) bond motifs is 2. The lowest BCUT2D eigenvalue weighted by Crippen LogP contribution is -2.42. The molecule has 3 aliphatic heterocycles. The lowest BCUT2D eigenvalue weighted by atomic mass is 9.72. The molecule has 0 aliphatic carbocycles. The van der Waals surface area contributed by atoms with E-state index in [1.165, 1.54) is 0 Å². The summed E-state index contributed by atoms with van der Waals surface area (Å²) in [5.74, 6) is -0.198. The van der Waals surface area contributed by atoms with Crippen molar-refractivity contribution in [3.8, 4) is 0 Å². The summed E-state index contributed by atoms with van der Waals surface area (Å²) in [7, 11) is -3.73. The van der Waals surface area contributed by atoms with Crippen molar-refractivity contribution in [1.82, 2.24) is 4.31 Å². The van der Waals surface area contributed by atoms with Gasteiger partial charge in [-0.2, -0.15) is 4.31 Å². The van der Waals surface area contributed by atoms with Crippen LogP contribution in [-0.4, -0.2) is 42.4 Å². The number of carbonyl (C=O) groups is 1. The zero-order valence-electron chi connectivity index (χ0n) is 15.1. The second kappa shape index (κ2) is 5.53. The van der Waals surface area contributed by atoms with Crippen LogP contribution in [0.15, 0.2) is 35.2 Å². The zero-order chi connectivity index (χ0) is 19.0. The Hall–Kier alpha value is -1.96. The van der Waals surface area contributed by atoms with E-state index in [0.29, 0.717) is 28.4 Å². The van der Waals surface area contributed by atoms with Crippen LogP contribution in [-0.2, 0) is 10.0 Å². The molecule has 3 atom stereocenters. The van der Waals surface area contributed by atoms with Gasteiger partial charge < -0.3 is 10.4 Å². The molecule has 1 amide bonds. The highest BCUT2D eigenvalue weighted by molar-refractivity contribution is 7.89. The smallest absolute Gasteiger partial charge is 0.256 e. The van der Waals surface area contributed by atoms with E-state index in [-0.39, 0.29) is 34.9 Å². The summed E-state index contributed by atoms with van der Waals surface area (Å²) in [5.41, 5.74) is 0.831. The molecule has 142 valence electrons. The maximum Gasteiger partial charge on any atom is 0.256 e. The molecule has 0 spiro atoms. The van der Waals surface area contributed by atoms with Crippen LogP contribution in [0.3, 0.4) is 0 Å². The topological polar surface area (TPSA) is 86.7 Å². The predicted molar refractivity (Wildman–Crippen MR) is 102 cm³/mol. The van der Waals surface area contributed by atoms with E-state index in [1.807, 2.05) is 6.92 Å². The van der Waals surface area contributed by atoms with Crippen LogP contribution in [0.25, 0.3) is 10.8 Å². The van der Waals surface area contributed by atoms with Crippen LogP contribution in [0.4, 0.5) is 5.69 Å². The summed E-state index contributed by atoms with van der Waals surface area (Å²) in [6.07, 6.45) is 3.11. The molecule has 2 bridgehead atoms. The molecule has 5 rings (SSSR count). The van der Waals surface area contributed by atoms with Gasteiger partial charge in [-0.1, -0.05) is 19.1 Å². The fraction of sp³-hybridized carbons (Fsp3) is 0.450. The van der Waals surface area contributed by atoms with Gasteiger partial charge in [0.25, 0.3) is 5.91 Å². The van der Waals surface area contributed by atoms with Crippen LogP contribution in [0.1, 0.15) is 43.0 Å². The Morgan fingerprint density at radius 3 is 2.78 bits per heavy atom. The Labute approximate surface area is 158 Å². The Kier molecular flexibility index (Phi) is 3.51. The molecule has 2 aromatic rings. The number of hydrogen-bond acceptors (Lipinski definition) is 4. The summed E-state index contributed by atoms with van der Waals surface area (Å²) >= 11 is 0. The highest BCUT2D eigenvalue weighted by Gasteiger charge is 2.59. The number of nitrogens with zero attached hydrogens (tertiary/aromatic N) is 1. The van der Waals surface area contributed by atoms with Gasteiger partial charge in [0, 0.05) is 39.5 Å². The maximum atomic E-state index is 13.7. The number of amides is 1. The quantitative estimate of drug-likeness (QED) is 0.846. The second-order valence-electron chi connectivity index (χ2n) is 7.95. The molecule has 0 aromatic heterocycles. The molecule has 2 fully saturated rings. The largest absolute Gasteiger partial charge is 0.396 e. The summed E-state index contributed by atoms with van der Waals surface area (Å²) < 4.78 is 29.0. The lowest BCUT2D eigenvalue weighted by Gasteiger charge is -2.34. The van der Waals surface area contributed by atoms with Gasteiger partial charge in [0.05, 0.1) is 11.5 Å². The third kappa shape index (κ3) is 2.07. The van der Waals surface area contributed by atoms with E-state index in [1.54, 1.807) is 34.6 Å². The molecule has 2 saturated heterocycles. The van der Waals surface area contributed by atoms with Crippen LogP contribution < -0.4 is 5.32 Å². The van der Waals surface area contributed by atoms with Crippen LogP contribution in [0.2, 0.25) is 0 Å². The monoisotopic (exact) mass is 386 g/mol.